The first-order valence-electron chi connectivity index (χ1n) is 5.21. The van der Waals surface area contributed by atoms with E-state index >= 15 is 0 Å². The highest BCUT2D eigenvalue weighted by molar-refractivity contribution is 5.14. The van der Waals surface area contributed by atoms with Gasteiger partial charge in [0, 0.05) is 0 Å². The molecule has 4 nitrogen and oxygen atoms in total. The molecule has 0 unspecified atom stereocenters. The highest BCUT2D eigenvalue weighted by atomic mass is 16.5. The second-order valence-corrected chi connectivity index (χ2v) is 4.00. The van der Waals surface area contributed by atoms with E-state index in [-0.39, 0.29) is 0 Å². The number of hydrogen-bond donors (Lipinski definition) is 1. The number of aliphatic hydroxyl groups is 1. The molecule has 15 heavy (non-hydrogen) atoms. The molecule has 1 heterocycles. The molecule has 0 fully saturated rings. The molecule has 1 N–H and O–H groups in total. The number of unbranched alkanes of at least 4 members (excludes halogenated alkanes) is 1. The summed E-state index contributed by atoms with van der Waals surface area (Å²) in [6.07, 6.45) is 5.31. The summed E-state index contributed by atoms with van der Waals surface area (Å²) in [7, 11) is 0. The monoisotopic (exact) mass is 210 g/mol. The molecule has 1 aromatic heterocycles. The summed E-state index contributed by atoms with van der Waals surface area (Å²) >= 11 is 0. The molecule has 0 aliphatic carbocycles. The lowest BCUT2D eigenvalue weighted by molar-refractivity contribution is 0.0684. The Morgan fingerprint density at radius 1 is 1.33 bits per heavy atom. The van der Waals surface area contributed by atoms with Crippen molar-refractivity contribution in [2.45, 2.75) is 39.2 Å². The maximum absolute atomic E-state index is 9.63. The second-order valence-electron chi connectivity index (χ2n) is 4.00. The van der Waals surface area contributed by atoms with Crippen LogP contribution in [0.15, 0.2) is 12.4 Å². The zero-order valence-electron chi connectivity index (χ0n) is 9.53. The quantitative estimate of drug-likeness (QED) is 0.754. The lowest BCUT2D eigenvalue weighted by Gasteiger charge is -2.15. The van der Waals surface area contributed by atoms with E-state index in [2.05, 4.69) is 16.9 Å². The van der Waals surface area contributed by atoms with E-state index in [0.29, 0.717) is 18.2 Å². The molecule has 4 heteroatoms. The Morgan fingerprint density at radius 3 is 2.40 bits per heavy atom. The van der Waals surface area contributed by atoms with E-state index in [1.54, 1.807) is 26.2 Å². The number of aromatic nitrogens is 2. The Hall–Kier alpha value is -1.16. The van der Waals surface area contributed by atoms with Crippen molar-refractivity contribution in [2.24, 2.45) is 0 Å². The summed E-state index contributed by atoms with van der Waals surface area (Å²) in [5.41, 5.74) is -0.998. The molecular weight excluding hydrogens is 192 g/mol. The summed E-state index contributed by atoms with van der Waals surface area (Å²) < 4.78 is 5.41. The number of nitrogens with zero attached hydrogens (tertiary/aromatic N) is 2. The summed E-state index contributed by atoms with van der Waals surface area (Å²) in [5.74, 6) is 1.06. The van der Waals surface area contributed by atoms with Gasteiger partial charge in [-0.2, -0.15) is 0 Å². The molecule has 84 valence electrons. The molecule has 0 radical (unpaired) electrons. The topological polar surface area (TPSA) is 55.2 Å². The average Bonchev–Trinajstić information content (AvgIpc) is 2.18. The molecule has 0 saturated heterocycles. The van der Waals surface area contributed by atoms with Gasteiger partial charge in [-0.05, 0) is 20.3 Å². The van der Waals surface area contributed by atoms with Crippen LogP contribution in [0, 0.1) is 0 Å². The average molecular weight is 210 g/mol. The molecule has 0 atom stereocenters. The van der Waals surface area contributed by atoms with Crippen LogP contribution >= 0.6 is 0 Å². The molecule has 0 aromatic carbocycles. The van der Waals surface area contributed by atoms with Gasteiger partial charge in [-0.3, -0.25) is 0 Å². The Kier molecular flexibility index (Phi) is 4.03. The smallest absolute Gasteiger partial charge is 0.159 e. The van der Waals surface area contributed by atoms with Gasteiger partial charge in [-0.25, -0.2) is 9.97 Å². The number of hydrogen-bond acceptors (Lipinski definition) is 4. The van der Waals surface area contributed by atoms with Crippen LogP contribution in [0.5, 0.6) is 5.75 Å². The van der Waals surface area contributed by atoms with Gasteiger partial charge in [0.25, 0.3) is 0 Å². The van der Waals surface area contributed by atoms with Crippen LogP contribution < -0.4 is 4.74 Å². The highest BCUT2D eigenvalue weighted by Gasteiger charge is 2.18. The maximum Gasteiger partial charge on any atom is 0.159 e. The van der Waals surface area contributed by atoms with Gasteiger partial charge in [-0.15, -0.1) is 0 Å². The fourth-order valence-electron chi connectivity index (χ4n) is 1.04. The van der Waals surface area contributed by atoms with Gasteiger partial charge in [0.15, 0.2) is 11.6 Å². The molecular formula is C11H18N2O2. The Labute approximate surface area is 90.3 Å². The third-order valence-electron chi connectivity index (χ3n) is 1.94. The molecule has 0 spiro atoms. The maximum atomic E-state index is 9.63. The van der Waals surface area contributed by atoms with Crippen molar-refractivity contribution in [1.82, 2.24) is 9.97 Å². The molecule has 0 amide bonds. The van der Waals surface area contributed by atoms with Gasteiger partial charge < -0.3 is 9.84 Å². The van der Waals surface area contributed by atoms with Crippen LogP contribution in [-0.2, 0) is 5.60 Å². The van der Waals surface area contributed by atoms with Gasteiger partial charge in [0.1, 0.15) is 5.60 Å². The fraction of sp³-hybridized carbons (Fsp3) is 0.636. The first-order chi connectivity index (χ1) is 7.04. The van der Waals surface area contributed by atoms with E-state index < -0.39 is 5.60 Å². The van der Waals surface area contributed by atoms with Gasteiger partial charge in [0.2, 0.25) is 0 Å². The van der Waals surface area contributed by atoms with Crippen LogP contribution in [0.2, 0.25) is 0 Å². The van der Waals surface area contributed by atoms with Crippen molar-refractivity contribution in [3.63, 3.8) is 0 Å². The molecule has 0 aliphatic heterocycles. The third-order valence-corrected chi connectivity index (χ3v) is 1.94. The van der Waals surface area contributed by atoms with Crippen molar-refractivity contribution in [3.8, 4) is 5.75 Å². The zero-order chi connectivity index (χ0) is 11.3. The molecule has 0 bridgehead atoms. The molecule has 1 rings (SSSR count). The first-order valence-corrected chi connectivity index (χ1v) is 5.21. The standard InChI is InChI=1S/C11H18N2O2/c1-4-5-6-15-9-7-12-10(13-8-9)11(2,3)14/h7-8,14H,4-6H2,1-3H3. The molecule has 0 aliphatic rings. The van der Waals surface area contributed by atoms with Crippen LogP contribution in [0.1, 0.15) is 39.4 Å². The normalized spacial score (nSPS) is 11.5. The van der Waals surface area contributed by atoms with Crippen molar-refractivity contribution in [3.05, 3.63) is 18.2 Å². The minimum atomic E-state index is -0.998. The fourth-order valence-corrected chi connectivity index (χ4v) is 1.04. The van der Waals surface area contributed by atoms with Crippen molar-refractivity contribution >= 4 is 0 Å². The Bertz CT molecular complexity index is 290. The van der Waals surface area contributed by atoms with E-state index in [0.717, 1.165) is 12.8 Å². The summed E-state index contributed by atoms with van der Waals surface area (Å²) in [5, 5.41) is 9.63. The highest BCUT2D eigenvalue weighted by Crippen LogP contribution is 2.16. The molecule has 0 saturated carbocycles. The van der Waals surface area contributed by atoms with Gasteiger partial charge >= 0.3 is 0 Å². The second kappa shape index (κ2) is 5.07. The van der Waals surface area contributed by atoms with E-state index in [4.69, 9.17) is 4.74 Å². The Morgan fingerprint density at radius 2 is 1.93 bits per heavy atom. The summed E-state index contributed by atoms with van der Waals surface area (Å²) in [6.45, 7) is 6.10. The van der Waals surface area contributed by atoms with Crippen LogP contribution in [-0.4, -0.2) is 21.7 Å². The SMILES string of the molecule is CCCCOc1cnc(C(C)(C)O)nc1. The van der Waals surface area contributed by atoms with Crippen LogP contribution in [0.3, 0.4) is 0 Å². The lowest BCUT2D eigenvalue weighted by atomic mass is 10.1. The lowest BCUT2D eigenvalue weighted by Crippen LogP contribution is -2.19. The van der Waals surface area contributed by atoms with Crippen molar-refractivity contribution in [1.29, 1.82) is 0 Å². The van der Waals surface area contributed by atoms with Crippen LogP contribution in [0.25, 0.3) is 0 Å². The van der Waals surface area contributed by atoms with Crippen LogP contribution in [0.4, 0.5) is 0 Å². The van der Waals surface area contributed by atoms with Gasteiger partial charge in [-0.1, -0.05) is 13.3 Å². The number of ether oxygens (including phenoxy) is 1. The van der Waals surface area contributed by atoms with Gasteiger partial charge in [0.05, 0.1) is 19.0 Å². The van der Waals surface area contributed by atoms with Crippen molar-refractivity contribution < 1.29 is 9.84 Å². The largest absolute Gasteiger partial charge is 0.490 e. The minimum Gasteiger partial charge on any atom is -0.490 e. The minimum absolute atomic E-state index is 0.408. The van der Waals surface area contributed by atoms with E-state index in [1.807, 2.05) is 0 Å². The number of rotatable bonds is 5. The first kappa shape index (κ1) is 11.9. The predicted octanol–water partition coefficient (Wildman–Crippen LogP) is 1.88. The van der Waals surface area contributed by atoms with E-state index in [1.165, 1.54) is 0 Å². The third kappa shape index (κ3) is 3.83. The Balaban J connectivity index is 2.57. The summed E-state index contributed by atoms with van der Waals surface area (Å²) in [6, 6.07) is 0. The van der Waals surface area contributed by atoms with E-state index in [9.17, 15) is 5.11 Å². The zero-order valence-corrected chi connectivity index (χ0v) is 9.53. The molecule has 1 aromatic rings. The van der Waals surface area contributed by atoms with Crippen molar-refractivity contribution in [2.75, 3.05) is 6.61 Å². The summed E-state index contributed by atoms with van der Waals surface area (Å²) in [4.78, 5) is 8.09. The predicted molar refractivity (Wildman–Crippen MR) is 57.7 cm³/mol.